The summed E-state index contributed by atoms with van der Waals surface area (Å²) < 4.78 is 16.7. The van der Waals surface area contributed by atoms with E-state index in [0.29, 0.717) is 34.5 Å². The summed E-state index contributed by atoms with van der Waals surface area (Å²) in [5.41, 5.74) is 0.877. The predicted octanol–water partition coefficient (Wildman–Crippen LogP) is 4.78. The molecule has 0 fully saturated rings. The lowest BCUT2D eigenvalue weighted by atomic mass is 10.2. The predicted molar refractivity (Wildman–Crippen MR) is 118 cm³/mol. The lowest BCUT2D eigenvalue weighted by Crippen LogP contribution is -2.34. The van der Waals surface area contributed by atoms with Crippen LogP contribution in [0.25, 0.3) is 10.1 Å². The monoisotopic (exact) mass is 447 g/mol. The molecule has 30 heavy (non-hydrogen) atoms. The molecule has 0 aliphatic rings. The maximum absolute atomic E-state index is 12.6. The van der Waals surface area contributed by atoms with E-state index < -0.39 is 5.97 Å². The molecule has 2 aromatic carbocycles. The van der Waals surface area contributed by atoms with Gasteiger partial charge in [-0.3, -0.25) is 4.79 Å². The van der Waals surface area contributed by atoms with Gasteiger partial charge in [0.25, 0.3) is 5.91 Å². The molecule has 1 heterocycles. The highest BCUT2D eigenvalue weighted by Gasteiger charge is 2.21. The molecule has 0 saturated carbocycles. The number of rotatable bonds is 8. The van der Waals surface area contributed by atoms with Gasteiger partial charge in [-0.2, -0.15) is 0 Å². The number of fused-ring (bicyclic) bond motifs is 1. The number of hydrogen-bond acceptors (Lipinski definition) is 6. The third-order valence-electron chi connectivity index (χ3n) is 4.60. The molecule has 0 spiro atoms. The summed E-state index contributed by atoms with van der Waals surface area (Å²) in [6.45, 7) is 2.33. The minimum Gasteiger partial charge on any atom is -0.493 e. The molecule has 0 bridgehead atoms. The third-order valence-corrected chi connectivity index (χ3v) is 6.26. The van der Waals surface area contributed by atoms with E-state index in [1.165, 1.54) is 11.3 Å². The molecule has 3 rings (SSSR count). The number of hydrogen-bond donors (Lipinski definition) is 0. The van der Waals surface area contributed by atoms with E-state index in [0.717, 1.165) is 15.6 Å². The molecule has 6 nitrogen and oxygen atoms in total. The first-order chi connectivity index (χ1) is 14.5. The summed E-state index contributed by atoms with van der Waals surface area (Å²) in [6, 6.07) is 12.9. The van der Waals surface area contributed by atoms with Gasteiger partial charge in [-0.1, -0.05) is 35.9 Å². The topological polar surface area (TPSA) is 65.1 Å². The summed E-state index contributed by atoms with van der Waals surface area (Å²) >= 11 is 7.56. The highest BCUT2D eigenvalue weighted by molar-refractivity contribution is 7.21. The van der Waals surface area contributed by atoms with Crippen LogP contribution in [0.2, 0.25) is 5.02 Å². The number of carbonyl (C=O) groups is 2. The third kappa shape index (κ3) is 4.68. The molecule has 0 aliphatic carbocycles. The van der Waals surface area contributed by atoms with Crippen molar-refractivity contribution in [1.82, 2.24) is 4.90 Å². The van der Waals surface area contributed by atoms with Crippen molar-refractivity contribution in [3.05, 3.63) is 57.9 Å². The zero-order chi connectivity index (χ0) is 21.7. The number of amides is 1. The molecule has 3 aromatic rings. The zero-order valence-corrected chi connectivity index (χ0v) is 18.5. The number of methoxy groups -OCH3 is 2. The maximum atomic E-state index is 12.6. The lowest BCUT2D eigenvalue weighted by molar-refractivity contribution is -0.134. The molecule has 0 atom stereocenters. The van der Waals surface area contributed by atoms with E-state index in [1.807, 2.05) is 43.3 Å². The van der Waals surface area contributed by atoms with Crippen LogP contribution in [0.3, 0.4) is 0 Å². The van der Waals surface area contributed by atoms with Crippen LogP contribution >= 0.6 is 22.9 Å². The van der Waals surface area contributed by atoms with Crippen LogP contribution in [0.5, 0.6) is 11.5 Å². The Balaban J connectivity index is 1.65. The Bertz CT molecular complexity index is 1060. The van der Waals surface area contributed by atoms with Crippen molar-refractivity contribution in [2.24, 2.45) is 0 Å². The fourth-order valence-corrected chi connectivity index (χ4v) is 4.41. The quantitative estimate of drug-likeness (QED) is 0.465. The Labute approximate surface area is 183 Å². The van der Waals surface area contributed by atoms with Gasteiger partial charge in [0.15, 0.2) is 18.1 Å². The van der Waals surface area contributed by atoms with E-state index in [-0.39, 0.29) is 12.5 Å². The lowest BCUT2D eigenvalue weighted by Gasteiger charge is -2.21. The molecule has 0 N–H and O–H groups in total. The van der Waals surface area contributed by atoms with Gasteiger partial charge in [0.05, 0.1) is 19.2 Å². The Kier molecular flexibility index (Phi) is 7.18. The summed E-state index contributed by atoms with van der Waals surface area (Å²) in [6.07, 6.45) is 0. The largest absolute Gasteiger partial charge is 0.493 e. The van der Waals surface area contributed by atoms with Gasteiger partial charge in [-0.15, -0.1) is 11.3 Å². The van der Waals surface area contributed by atoms with Crippen molar-refractivity contribution in [2.75, 3.05) is 27.4 Å². The van der Waals surface area contributed by atoms with E-state index in [9.17, 15) is 9.59 Å². The second kappa shape index (κ2) is 9.82. The summed E-state index contributed by atoms with van der Waals surface area (Å²) in [5, 5.41) is 1.15. The van der Waals surface area contributed by atoms with Crippen molar-refractivity contribution >= 4 is 44.9 Å². The van der Waals surface area contributed by atoms with Crippen molar-refractivity contribution in [3.63, 3.8) is 0 Å². The van der Waals surface area contributed by atoms with Gasteiger partial charge in [0, 0.05) is 23.2 Å². The normalized spacial score (nSPS) is 10.7. The highest BCUT2D eigenvalue weighted by atomic mass is 35.5. The van der Waals surface area contributed by atoms with Gasteiger partial charge in [-0.05, 0) is 30.7 Å². The van der Waals surface area contributed by atoms with Crippen molar-refractivity contribution in [2.45, 2.75) is 13.5 Å². The average molecular weight is 448 g/mol. The molecule has 1 amide bonds. The Morgan fingerprint density at radius 1 is 1.07 bits per heavy atom. The molecule has 0 aliphatic heterocycles. The first-order valence-electron chi connectivity index (χ1n) is 9.31. The number of esters is 1. The van der Waals surface area contributed by atoms with Crippen molar-refractivity contribution in [1.29, 1.82) is 0 Å². The minimum absolute atomic E-state index is 0.294. The van der Waals surface area contributed by atoms with Gasteiger partial charge < -0.3 is 19.1 Å². The van der Waals surface area contributed by atoms with Gasteiger partial charge in [-0.25, -0.2) is 4.79 Å². The second-order valence-electron chi connectivity index (χ2n) is 6.41. The molecule has 158 valence electrons. The van der Waals surface area contributed by atoms with Crippen LogP contribution in [0.15, 0.2) is 42.5 Å². The smallest absolute Gasteiger partial charge is 0.350 e. The molecule has 0 radical (unpaired) electrons. The minimum atomic E-state index is -0.600. The number of likely N-dealkylation sites (N-methyl/N-ethyl adjacent to an activating group) is 1. The molecule has 8 heteroatoms. The van der Waals surface area contributed by atoms with Crippen LogP contribution in [0, 0.1) is 0 Å². The SMILES string of the molecule is CCN(Cc1ccc(OC)c(OC)c1)C(=O)COC(=O)c1sc2ccccc2c1Cl. The number of carbonyl (C=O) groups excluding carboxylic acids is 2. The molecule has 0 saturated heterocycles. The fourth-order valence-electron chi connectivity index (χ4n) is 3.01. The van der Waals surface area contributed by atoms with Crippen LogP contribution in [0.1, 0.15) is 22.2 Å². The van der Waals surface area contributed by atoms with Crippen LogP contribution in [0.4, 0.5) is 0 Å². The number of thiophene rings is 1. The Morgan fingerprint density at radius 2 is 1.80 bits per heavy atom. The molecular formula is C22H22ClNO5S. The highest BCUT2D eigenvalue weighted by Crippen LogP contribution is 2.35. The van der Waals surface area contributed by atoms with Crippen LogP contribution < -0.4 is 9.47 Å². The molecule has 1 aromatic heterocycles. The van der Waals surface area contributed by atoms with E-state index >= 15 is 0 Å². The summed E-state index contributed by atoms with van der Waals surface area (Å²) in [5.74, 6) is 0.309. The molecule has 0 unspecified atom stereocenters. The van der Waals surface area contributed by atoms with E-state index in [4.69, 9.17) is 25.8 Å². The van der Waals surface area contributed by atoms with Crippen molar-refractivity contribution in [3.8, 4) is 11.5 Å². The maximum Gasteiger partial charge on any atom is 0.350 e. The first kappa shape index (κ1) is 21.9. The van der Waals surface area contributed by atoms with Gasteiger partial charge in [0.1, 0.15) is 4.88 Å². The number of halogens is 1. The number of benzene rings is 2. The van der Waals surface area contributed by atoms with Gasteiger partial charge >= 0.3 is 5.97 Å². The number of ether oxygens (including phenoxy) is 3. The molecular weight excluding hydrogens is 426 g/mol. The summed E-state index contributed by atoms with van der Waals surface area (Å²) in [7, 11) is 3.12. The summed E-state index contributed by atoms with van der Waals surface area (Å²) in [4.78, 5) is 27.0. The Hall–Kier alpha value is -2.77. The Morgan fingerprint density at radius 3 is 2.47 bits per heavy atom. The number of nitrogens with zero attached hydrogens (tertiary/aromatic N) is 1. The first-order valence-corrected chi connectivity index (χ1v) is 10.5. The van der Waals surface area contributed by atoms with Crippen molar-refractivity contribution < 1.29 is 23.8 Å². The second-order valence-corrected chi connectivity index (χ2v) is 7.84. The van der Waals surface area contributed by atoms with Crippen LogP contribution in [-0.2, 0) is 16.1 Å². The zero-order valence-electron chi connectivity index (χ0n) is 16.9. The van der Waals surface area contributed by atoms with Crippen LogP contribution in [-0.4, -0.2) is 44.1 Å². The van der Waals surface area contributed by atoms with Gasteiger partial charge in [0.2, 0.25) is 0 Å². The standard InChI is InChI=1S/C22H22ClNO5S/c1-4-24(12-14-9-10-16(27-2)17(11-14)28-3)19(25)13-29-22(26)21-20(23)15-7-5-6-8-18(15)30-21/h5-11H,4,12-13H2,1-3H3. The average Bonchev–Trinajstić information content (AvgIpc) is 3.12. The van der Waals surface area contributed by atoms with E-state index in [1.54, 1.807) is 25.2 Å². The fraction of sp³-hybridized carbons (Fsp3) is 0.273. The van der Waals surface area contributed by atoms with E-state index in [2.05, 4.69) is 0 Å².